The highest BCUT2D eigenvalue weighted by atomic mass is 28.3. The maximum atomic E-state index is 12.1. The SMILES string of the molecule is C=C[Si](C=C)(CC)c1ccc(C(=O)OOC2CCCCC2)cc1. The van der Waals surface area contributed by atoms with Crippen molar-refractivity contribution in [1.82, 2.24) is 0 Å². The molecular weight excluding hydrogens is 304 g/mol. The third kappa shape index (κ3) is 4.21. The molecule has 0 aliphatic heterocycles. The minimum atomic E-state index is -1.85. The van der Waals surface area contributed by atoms with Gasteiger partial charge in [0, 0.05) is 0 Å². The Hall–Kier alpha value is -1.65. The van der Waals surface area contributed by atoms with E-state index in [-0.39, 0.29) is 6.10 Å². The standard InChI is InChI=1S/C19H26O3Si/c1-4-23(5-2,6-3)18-14-12-16(13-15-18)19(20)22-21-17-10-8-7-9-11-17/h4-5,12-15,17H,1-2,6-11H2,3H3. The lowest BCUT2D eigenvalue weighted by atomic mass is 9.98. The van der Waals surface area contributed by atoms with Gasteiger partial charge in [-0.25, -0.2) is 4.79 Å². The number of hydrogen-bond acceptors (Lipinski definition) is 3. The zero-order valence-electron chi connectivity index (χ0n) is 13.9. The van der Waals surface area contributed by atoms with Crippen molar-refractivity contribution in [3.05, 3.63) is 54.4 Å². The van der Waals surface area contributed by atoms with Gasteiger partial charge in [0.1, 0.15) is 14.2 Å². The lowest BCUT2D eigenvalue weighted by Crippen LogP contribution is -2.43. The van der Waals surface area contributed by atoms with E-state index in [1.165, 1.54) is 11.6 Å². The van der Waals surface area contributed by atoms with Gasteiger partial charge in [-0.2, -0.15) is 4.89 Å². The molecule has 1 aromatic carbocycles. The molecule has 0 heterocycles. The Bertz CT molecular complexity index is 536. The first-order chi connectivity index (χ1) is 11.1. The quantitative estimate of drug-likeness (QED) is 0.426. The van der Waals surface area contributed by atoms with Crippen molar-refractivity contribution in [1.29, 1.82) is 0 Å². The van der Waals surface area contributed by atoms with Gasteiger partial charge in [0.2, 0.25) is 0 Å². The highest BCUT2D eigenvalue weighted by Gasteiger charge is 2.26. The first-order valence-electron chi connectivity index (χ1n) is 8.40. The fourth-order valence-electron chi connectivity index (χ4n) is 3.05. The Kier molecular flexibility index (Phi) is 6.36. The first-order valence-corrected chi connectivity index (χ1v) is 10.8. The summed E-state index contributed by atoms with van der Waals surface area (Å²) in [5.41, 5.74) is 4.57. The van der Waals surface area contributed by atoms with Crippen LogP contribution in [0, 0.1) is 0 Å². The molecule has 1 aliphatic carbocycles. The van der Waals surface area contributed by atoms with E-state index in [2.05, 4.69) is 20.1 Å². The largest absolute Gasteiger partial charge is 0.373 e. The molecule has 2 rings (SSSR count). The van der Waals surface area contributed by atoms with E-state index in [0.29, 0.717) is 5.56 Å². The predicted octanol–water partition coefficient (Wildman–Crippen LogP) is 4.23. The molecule has 1 aromatic rings. The number of carbonyl (C=O) groups is 1. The molecule has 0 radical (unpaired) electrons. The average molecular weight is 331 g/mol. The molecule has 0 amide bonds. The Balaban J connectivity index is 1.99. The third-order valence-corrected chi connectivity index (χ3v) is 8.82. The van der Waals surface area contributed by atoms with Crippen LogP contribution in [0.4, 0.5) is 0 Å². The molecule has 0 unspecified atom stereocenters. The maximum Gasteiger partial charge on any atom is 0.373 e. The van der Waals surface area contributed by atoms with Crippen molar-refractivity contribution in [2.75, 3.05) is 0 Å². The molecule has 23 heavy (non-hydrogen) atoms. The van der Waals surface area contributed by atoms with Crippen LogP contribution in [0.2, 0.25) is 6.04 Å². The van der Waals surface area contributed by atoms with E-state index in [1.807, 2.05) is 23.5 Å². The number of benzene rings is 1. The monoisotopic (exact) mass is 330 g/mol. The molecule has 0 saturated heterocycles. The third-order valence-electron chi connectivity index (χ3n) is 4.78. The van der Waals surface area contributed by atoms with Gasteiger partial charge in [0.25, 0.3) is 0 Å². The van der Waals surface area contributed by atoms with Crippen LogP contribution < -0.4 is 5.19 Å². The molecule has 1 aliphatic rings. The molecule has 0 bridgehead atoms. The van der Waals surface area contributed by atoms with Gasteiger partial charge in [-0.1, -0.05) is 54.9 Å². The first kappa shape index (κ1) is 17.7. The fourth-order valence-corrected chi connectivity index (χ4v) is 5.46. The molecular formula is C19H26O3Si. The Morgan fingerprint density at radius 1 is 1.17 bits per heavy atom. The predicted molar refractivity (Wildman–Crippen MR) is 96.1 cm³/mol. The average Bonchev–Trinajstić information content (AvgIpc) is 2.63. The Labute approximate surface area is 139 Å². The Morgan fingerprint density at radius 2 is 1.78 bits per heavy atom. The normalized spacial score (nSPS) is 15.9. The second-order valence-corrected chi connectivity index (χ2v) is 10.3. The van der Waals surface area contributed by atoms with E-state index in [1.54, 1.807) is 12.1 Å². The molecule has 4 heteroatoms. The lowest BCUT2D eigenvalue weighted by Gasteiger charge is -2.23. The lowest BCUT2D eigenvalue weighted by molar-refractivity contribution is -0.279. The Morgan fingerprint density at radius 3 is 2.30 bits per heavy atom. The summed E-state index contributed by atoms with van der Waals surface area (Å²) in [4.78, 5) is 22.4. The van der Waals surface area contributed by atoms with Crippen molar-refractivity contribution >= 4 is 19.2 Å². The minimum Gasteiger partial charge on any atom is -0.293 e. The zero-order valence-corrected chi connectivity index (χ0v) is 14.9. The smallest absolute Gasteiger partial charge is 0.293 e. The summed E-state index contributed by atoms with van der Waals surface area (Å²) in [6.07, 6.45) is 5.51. The van der Waals surface area contributed by atoms with E-state index >= 15 is 0 Å². The van der Waals surface area contributed by atoms with Gasteiger partial charge >= 0.3 is 5.97 Å². The van der Waals surface area contributed by atoms with Gasteiger partial charge < -0.3 is 0 Å². The molecule has 0 spiro atoms. The highest BCUT2D eigenvalue weighted by molar-refractivity contribution is 6.99. The van der Waals surface area contributed by atoms with Gasteiger partial charge in [-0.15, -0.1) is 13.2 Å². The van der Waals surface area contributed by atoms with Crippen LogP contribution in [0.1, 0.15) is 49.4 Å². The van der Waals surface area contributed by atoms with Crippen LogP contribution in [0.3, 0.4) is 0 Å². The van der Waals surface area contributed by atoms with Crippen LogP contribution in [-0.2, 0) is 9.78 Å². The van der Waals surface area contributed by atoms with Crippen molar-refractivity contribution in [3.8, 4) is 0 Å². The summed E-state index contributed by atoms with van der Waals surface area (Å²) < 4.78 is 0. The fraction of sp³-hybridized carbons (Fsp3) is 0.421. The second-order valence-electron chi connectivity index (χ2n) is 6.11. The zero-order chi connectivity index (χ0) is 16.7. The summed E-state index contributed by atoms with van der Waals surface area (Å²) in [5, 5.41) is 1.20. The number of hydrogen-bond donors (Lipinski definition) is 0. The summed E-state index contributed by atoms with van der Waals surface area (Å²) in [7, 11) is -1.85. The van der Waals surface area contributed by atoms with E-state index in [9.17, 15) is 4.79 Å². The van der Waals surface area contributed by atoms with Crippen LogP contribution in [0.25, 0.3) is 0 Å². The summed E-state index contributed by atoms with van der Waals surface area (Å²) in [6.45, 7) is 10.1. The molecule has 0 N–H and O–H groups in total. The van der Waals surface area contributed by atoms with Crippen LogP contribution >= 0.6 is 0 Å². The van der Waals surface area contributed by atoms with E-state index in [4.69, 9.17) is 9.78 Å². The number of carbonyl (C=O) groups excluding carboxylic acids is 1. The molecule has 0 atom stereocenters. The van der Waals surface area contributed by atoms with E-state index < -0.39 is 14.0 Å². The van der Waals surface area contributed by atoms with Crippen LogP contribution in [-0.4, -0.2) is 20.1 Å². The highest BCUT2D eigenvalue weighted by Crippen LogP contribution is 2.21. The van der Waals surface area contributed by atoms with Crippen molar-refractivity contribution < 1.29 is 14.6 Å². The second kappa shape index (κ2) is 8.27. The molecule has 124 valence electrons. The van der Waals surface area contributed by atoms with Gasteiger partial charge in [-0.3, -0.25) is 4.89 Å². The van der Waals surface area contributed by atoms with Gasteiger partial charge in [0.05, 0.1) is 5.56 Å². The molecule has 3 nitrogen and oxygen atoms in total. The molecule has 1 saturated carbocycles. The van der Waals surface area contributed by atoms with Gasteiger partial charge in [0.15, 0.2) is 0 Å². The summed E-state index contributed by atoms with van der Waals surface area (Å²) >= 11 is 0. The summed E-state index contributed by atoms with van der Waals surface area (Å²) in [6, 6.07) is 8.57. The van der Waals surface area contributed by atoms with Crippen molar-refractivity contribution in [2.24, 2.45) is 0 Å². The minimum absolute atomic E-state index is 0.0497. The van der Waals surface area contributed by atoms with Crippen molar-refractivity contribution in [2.45, 2.75) is 51.2 Å². The van der Waals surface area contributed by atoms with Gasteiger partial charge in [-0.05, 0) is 31.0 Å². The topological polar surface area (TPSA) is 35.5 Å². The van der Waals surface area contributed by atoms with Crippen LogP contribution in [0.5, 0.6) is 0 Å². The maximum absolute atomic E-state index is 12.1. The molecule has 0 aromatic heterocycles. The number of rotatable bonds is 7. The molecule has 1 fully saturated rings. The van der Waals surface area contributed by atoms with Crippen molar-refractivity contribution in [3.63, 3.8) is 0 Å². The van der Waals surface area contributed by atoms with Crippen LogP contribution in [0.15, 0.2) is 48.8 Å². The summed E-state index contributed by atoms with van der Waals surface area (Å²) in [5.74, 6) is -0.428. The van der Waals surface area contributed by atoms with E-state index in [0.717, 1.165) is 31.7 Å².